The molecule has 0 spiro atoms. The highest BCUT2D eigenvalue weighted by Gasteiger charge is 2.64. The summed E-state index contributed by atoms with van der Waals surface area (Å²) in [5.41, 5.74) is 5.48. The second-order valence-corrected chi connectivity index (χ2v) is 7.09. The van der Waals surface area contributed by atoms with Crippen LogP contribution in [0.25, 0.3) is 0 Å². The maximum absolute atomic E-state index is 8.74. The molecular formula is C14H25N3O. The molecule has 0 saturated heterocycles. The molecule has 0 aromatic heterocycles. The summed E-state index contributed by atoms with van der Waals surface area (Å²) in [7, 11) is 0. The highest BCUT2D eigenvalue weighted by atomic mass is 16.4. The minimum absolute atomic E-state index is 0.218. The van der Waals surface area contributed by atoms with E-state index in [9.17, 15) is 0 Å². The Hall–Kier alpha value is -0.770. The highest BCUT2D eigenvalue weighted by molar-refractivity contribution is 5.85. The van der Waals surface area contributed by atoms with Crippen molar-refractivity contribution in [1.82, 2.24) is 5.32 Å². The maximum atomic E-state index is 8.74. The quantitative estimate of drug-likeness (QED) is 0.302. The molecule has 0 aliphatic heterocycles. The van der Waals surface area contributed by atoms with E-state index in [0.717, 1.165) is 42.7 Å². The van der Waals surface area contributed by atoms with Gasteiger partial charge in [-0.3, -0.25) is 0 Å². The van der Waals surface area contributed by atoms with Crippen LogP contribution >= 0.6 is 0 Å². The Labute approximate surface area is 109 Å². The Morgan fingerprint density at radius 1 is 1.33 bits per heavy atom. The lowest BCUT2D eigenvalue weighted by atomic mass is 9.88. The predicted molar refractivity (Wildman–Crippen MR) is 71.4 cm³/mol. The first-order valence-electron chi connectivity index (χ1n) is 7.26. The highest BCUT2D eigenvalue weighted by Crippen LogP contribution is 2.65. The van der Waals surface area contributed by atoms with Crippen LogP contribution in [0.1, 0.15) is 39.5 Å². The van der Waals surface area contributed by atoms with Crippen molar-refractivity contribution >= 4 is 5.84 Å². The van der Waals surface area contributed by atoms with Crippen LogP contribution in [-0.4, -0.2) is 23.6 Å². The van der Waals surface area contributed by atoms with Gasteiger partial charge in [0.25, 0.3) is 0 Å². The Morgan fingerprint density at radius 3 is 2.50 bits per heavy atom. The summed E-state index contributed by atoms with van der Waals surface area (Å²) in [4.78, 5) is 0. The van der Waals surface area contributed by atoms with Gasteiger partial charge in [0.1, 0.15) is 5.84 Å². The molecule has 0 amide bonds. The van der Waals surface area contributed by atoms with Crippen molar-refractivity contribution in [2.24, 2.45) is 40.0 Å². The van der Waals surface area contributed by atoms with Crippen molar-refractivity contribution in [2.45, 2.75) is 45.6 Å². The molecule has 4 unspecified atom stereocenters. The van der Waals surface area contributed by atoms with E-state index in [0.29, 0.717) is 5.84 Å². The SMILES string of the molecule is CC(C)(CCNC1C2C3CCC(C3)C12)C(N)=NO. The Balaban J connectivity index is 1.45. The largest absolute Gasteiger partial charge is 0.409 e. The van der Waals surface area contributed by atoms with Gasteiger partial charge in [0.2, 0.25) is 0 Å². The van der Waals surface area contributed by atoms with Crippen molar-refractivity contribution in [3.63, 3.8) is 0 Å². The summed E-state index contributed by atoms with van der Waals surface area (Å²) in [6.45, 7) is 5.03. The van der Waals surface area contributed by atoms with Crippen molar-refractivity contribution in [3.8, 4) is 0 Å². The van der Waals surface area contributed by atoms with E-state index in [4.69, 9.17) is 10.9 Å². The fraction of sp³-hybridized carbons (Fsp3) is 0.929. The number of rotatable bonds is 5. The smallest absolute Gasteiger partial charge is 0.144 e. The molecule has 0 aromatic carbocycles. The Bertz CT molecular complexity index is 350. The molecular weight excluding hydrogens is 226 g/mol. The predicted octanol–water partition coefficient (Wildman–Crippen LogP) is 1.78. The third-order valence-corrected chi connectivity index (χ3v) is 5.67. The number of oxime groups is 1. The number of nitrogens with one attached hydrogen (secondary N) is 1. The zero-order chi connectivity index (χ0) is 12.9. The van der Waals surface area contributed by atoms with E-state index < -0.39 is 0 Å². The molecule has 102 valence electrons. The number of hydrogen-bond donors (Lipinski definition) is 3. The van der Waals surface area contributed by atoms with E-state index in [-0.39, 0.29) is 5.41 Å². The zero-order valence-electron chi connectivity index (χ0n) is 11.4. The number of nitrogens with zero attached hydrogens (tertiary/aromatic N) is 1. The van der Waals surface area contributed by atoms with Crippen LogP contribution in [0.15, 0.2) is 5.16 Å². The van der Waals surface area contributed by atoms with Gasteiger partial charge in [-0.05, 0) is 55.9 Å². The van der Waals surface area contributed by atoms with E-state index in [1.165, 1.54) is 19.3 Å². The van der Waals surface area contributed by atoms with Crippen molar-refractivity contribution < 1.29 is 5.21 Å². The lowest BCUT2D eigenvalue weighted by Crippen LogP contribution is -2.36. The van der Waals surface area contributed by atoms with Crippen molar-refractivity contribution in [3.05, 3.63) is 0 Å². The summed E-state index contributed by atoms with van der Waals surface area (Å²) < 4.78 is 0. The average Bonchev–Trinajstić information content (AvgIpc) is 2.74. The van der Waals surface area contributed by atoms with Gasteiger partial charge in [-0.15, -0.1) is 0 Å². The van der Waals surface area contributed by atoms with Crippen LogP contribution in [0.4, 0.5) is 0 Å². The second-order valence-electron chi connectivity index (χ2n) is 7.09. The first-order chi connectivity index (χ1) is 8.54. The molecule has 0 aromatic rings. The lowest BCUT2D eigenvalue weighted by molar-refractivity contribution is 0.304. The summed E-state index contributed by atoms with van der Waals surface area (Å²) in [5.74, 6) is 4.34. The molecule has 3 fully saturated rings. The third-order valence-electron chi connectivity index (χ3n) is 5.67. The van der Waals surface area contributed by atoms with E-state index in [1.54, 1.807) is 0 Å². The van der Waals surface area contributed by atoms with Crippen molar-refractivity contribution in [1.29, 1.82) is 0 Å². The molecule has 3 rings (SSSR count). The van der Waals surface area contributed by atoms with Crippen LogP contribution in [-0.2, 0) is 0 Å². The maximum Gasteiger partial charge on any atom is 0.144 e. The molecule has 3 saturated carbocycles. The number of fused-ring (bicyclic) bond motifs is 5. The van der Waals surface area contributed by atoms with Crippen LogP contribution in [0.2, 0.25) is 0 Å². The summed E-state index contributed by atoms with van der Waals surface area (Å²) in [5, 5.41) is 15.6. The molecule has 2 bridgehead atoms. The van der Waals surface area contributed by atoms with E-state index in [1.807, 2.05) is 13.8 Å². The molecule has 0 heterocycles. The van der Waals surface area contributed by atoms with Crippen LogP contribution in [0.3, 0.4) is 0 Å². The minimum atomic E-state index is -0.218. The van der Waals surface area contributed by atoms with E-state index in [2.05, 4.69) is 10.5 Å². The number of nitrogens with two attached hydrogens (primary N) is 1. The van der Waals surface area contributed by atoms with Gasteiger partial charge in [0.15, 0.2) is 0 Å². The van der Waals surface area contributed by atoms with Gasteiger partial charge in [0.05, 0.1) is 0 Å². The lowest BCUT2D eigenvalue weighted by Gasteiger charge is -2.23. The van der Waals surface area contributed by atoms with Crippen LogP contribution < -0.4 is 11.1 Å². The first-order valence-corrected chi connectivity index (χ1v) is 7.26. The standard InChI is InChI=1S/C14H25N3O/c1-14(2,13(15)17-18)5-6-16-12-10-8-3-4-9(7-8)11(10)12/h8-12,16,18H,3-7H2,1-2H3,(H2,15,17). The normalized spacial score (nSPS) is 42.1. The molecule has 4 N–H and O–H groups in total. The first kappa shape index (κ1) is 12.3. The molecule has 18 heavy (non-hydrogen) atoms. The third kappa shape index (κ3) is 1.81. The molecule has 0 radical (unpaired) electrons. The fourth-order valence-electron chi connectivity index (χ4n) is 4.41. The van der Waals surface area contributed by atoms with Gasteiger partial charge < -0.3 is 16.3 Å². The minimum Gasteiger partial charge on any atom is -0.409 e. The van der Waals surface area contributed by atoms with Gasteiger partial charge >= 0.3 is 0 Å². The molecule has 3 aliphatic carbocycles. The summed E-state index contributed by atoms with van der Waals surface area (Å²) in [6, 6.07) is 0.777. The summed E-state index contributed by atoms with van der Waals surface area (Å²) >= 11 is 0. The van der Waals surface area contributed by atoms with Gasteiger partial charge in [-0.1, -0.05) is 19.0 Å². The summed E-state index contributed by atoms with van der Waals surface area (Å²) in [6.07, 6.45) is 5.37. The molecule has 4 heteroatoms. The van der Waals surface area contributed by atoms with Crippen LogP contribution in [0, 0.1) is 29.1 Å². The monoisotopic (exact) mass is 251 g/mol. The molecule has 3 aliphatic rings. The number of amidine groups is 1. The van der Waals surface area contributed by atoms with E-state index >= 15 is 0 Å². The Kier molecular flexibility index (Phi) is 2.81. The van der Waals surface area contributed by atoms with Gasteiger partial charge in [-0.2, -0.15) is 0 Å². The average molecular weight is 251 g/mol. The van der Waals surface area contributed by atoms with Crippen LogP contribution in [0.5, 0.6) is 0 Å². The zero-order valence-corrected chi connectivity index (χ0v) is 11.4. The molecule has 4 atom stereocenters. The molecule has 4 nitrogen and oxygen atoms in total. The van der Waals surface area contributed by atoms with Gasteiger partial charge in [-0.25, -0.2) is 0 Å². The Morgan fingerprint density at radius 2 is 1.94 bits per heavy atom. The number of hydrogen-bond acceptors (Lipinski definition) is 3. The van der Waals surface area contributed by atoms with Crippen molar-refractivity contribution in [2.75, 3.05) is 6.54 Å². The second kappa shape index (κ2) is 4.12. The van der Waals surface area contributed by atoms with Gasteiger partial charge in [0, 0.05) is 11.5 Å². The fourth-order valence-corrected chi connectivity index (χ4v) is 4.41. The topological polar surface area (TPSA) is 70.6 Å².